The van der Waals surface area contributed by atoms with Gasteiger partial charge in [-0.3, -0.25) is 9.59 Å². The average molecular weight is 267 g/mol. The lowest BCUT2D eigenvalue weighted by atomic mass is 10.1. The van der Waals surface area contributed by atoms with Gasteiger partial charge in [0.05, 0.1) is 10.6 Å². The maximum absolute atomic E-state index is 11.9. The summed E-state index contributed by atoms with van der Waals surface area (Å²) in [5.74, 6) is -1.02. The van der Waals surface area contributed by atoms with Gasteiger partial charge < -0.3 is 11.1 Å². The summed E-state index contributed by atoms with van der Waals surface area (Å²) in [7, 11) is 0. The predicted molar refractivity (Wildman–Crippen MR) is 71.3 cm³/mol. The van der Waals surface area contributed by atoms with Crippen LogP contribution in [0.15, 0.2) is 36.4 Å². The normalized spacial score (nSPS) is 11.7. The lowest BCUT2D eigenvalue weighted by molar-refractivity contribution is -0.119. The Kier molecular flexibility index (Phi) is 4.92. The van der Waals surface area contributed by atoms with Crippen molar-refractivity contribution in [2.75, 3.05) is 0 Å². The third-order valence-electron chi connectivity index (χ3n) is 2.32. The first kappa shape index (κ1) is 14.3. The molecule has 0 radical (unpaired) electrons. The highest BCUT2D eigenvalue weighted by molar-refractivity contribution is 6.33. The van der Waals surface area contributed by atoms with Crippen LogP contribution >= 0.6 is 11.6 Å². The van der Waals surface area contributed by atoms with Gasteiger partial charge in [0.15, 0.2) is 0 Å². The van der Waals surface area contributed by atoms with Crippen LogP contribution in [0, 0.1) is 0 Å². The first-order valence-corrected chi connectivity index (χ1v) is 5.78. The molecule has 1 aromatic carbocycles. The van der Waals surface area contributed by atoms with Crippen LogP contribution in [0.25, 0.3) is 0 Å². The quantitative estimate of drug-likeness (QED) is 0.799. The first-order valence-electron chi connectivity index (χ1n) is 5.41. The number of carbonyl (C=O) groups excluding carboxylic acids is 2. The van der Waals surface area contributed by atoms with Crippen molar-refractivity contribution < 1.29 is 9.59 Å². The highest BCUT2D eigenvalue weighted by Crippen LogP contribution is 2.15. The zero-order chi connectivity index (χ0) is 13.7. The smallest absolute Gasteiger partial charge is 0.253 e. The van der Waals surface area contributed by atoms with Crippen molar-refractivity contribution in [2.45, 2.75) is 19.4 Å². The van der Waals surface area contributed by atoms with E-state index in [0.29, 0.717) is 17.0 Å². The molecule has 0 unspecified atom stereocenters. The van der Waals surface area contributed by atoms with Crippen LogP contribution in [0.5, 0.6) is 0 Å². The van der Waals surface area contributed by atoms with Crippen molar-refractivity contribution in [3.8, 4) is 0 Å². The van der Waals surface area contributed by atoms with E-state index in [0.717, 1.165) is 5.57 Å². The Morgan fingerprint density at radius 2 is 2.06 bits per heavy atom. The molecule has 3 N–H and O–H groups in total. The van der Waals surface area contributed by atoms with E-state index in [1.807, 2.05) is 0 Å². The van der Waals surface area contributed by atoms with Gasteiger partial charge >= 0.3 is 0 Å². The highest BCUT2D eigenvalue weighted by atomic mass is 35.5. The predicted octanol–water partition coefficient (Wildman–Crippen LogP) is 1.89. The molecule has 0 saturated carbocycles. The molecular formula is C13H15ClN2O2. The maximum atomic E-state index is 11.9. The molecule has 0 aliphatic carbocycles. The number of halogens is 1. The van der Waals surface area contributed by atoms with Crippen LogP contribution < -0.4 is 11.1 Å². The minimum atomic E-state index is -0.772. The summed E-state index contributed by atoms with van der Waals surface area (Å²) < 4.78 is 0. The fourth-order valence-corrected chi connectivity index (χ4v) is 1.67. The summed E-state index contributed by atoms with van der Waals surface area (Å²) >= 11 is 5.89. The Hall–Kier alpha value is -1.81. The average Bonchev–Trinajstić information content (AvgIpc) is 2.27. The summed E-state index contributed by atoms with van der Waals surface area (Å²) in [5.41, 5.74) is 6.30. The Bertz CT molecular complexity index is 486. The summed E-state index contributed by atoms with van der Waals surface area (Å²) in [6, 6.07) is 5.83. The Morgan fingerprint density at radius 1 is 1.44 bits per heavy atom. The van der Waals surface area contributed by atoms with Crippen molar-refractivity contribution in [2.24, 2.45) is 5.73 Å². The second kappa shape index (κ2) is 6.21. The lowest BCUT2D eigenvalue weighted by Gasteiger charge is -2.15. The number of nitrogens with two attached hydrogens (primary N) is 1. The molecule has 4 nitrogen and oxygen atoms in total. The first-order chi connectivity index (χ1) is 8.41. The second-order valence-electron chi connectivity index (χ2n) is 4.07. The van der Waals surface area contributed by atoms with E-state index in [-0.39, 0.29) is 0 Å². The molecule has 18 heavy (non-hydrogen) atoms. The molecule has 1 aromatic rings. The minimum Gasteiger partial charge on any atom is -0.368 e. The molecule has 0 aliphatic rings. The van der Waals surface area contributed by atoms with Crippen molar-refractivity contribution in [1.82, 2.24) is 5.32 Å². The summed E-state index contributed by atoms with van der Waals surface area (Å²) in [5, 5.41) is 2.87. The van der Waals surface area contributed by atoms with Gasteiger partial charge in [0.2, 0.25) is 5.91 Å². The minimum absolute atomic E-state index is 0.311. The van der Waals surface area contributed by atoms with Crippen molar-refractivity contribution >= 4 is 23.4 Å². The Balaban J connectivity index is 2.82. The van der Waals surface area contributed by atoms with E-state index in [1.165, 1.54) is 0 Å². The number of hydrogen-bond acceptors (Lipinski definition) is 2. The summed E-state index contributed by atoms with van der Waals surface area (Å²) in [6.07, 6.45) is 0.311. The fraction of sp³-hybridized carbons (Fsp3) is 0.231. The van der Waals surface area contributed by atoms with E-state index in [4.69, 9.17) is 17.3 Å². The number of carbonyl (C=O) groups is 2. The molecule has 1 atom stereocenters. The van der Waals surface area contributed by atoms with Crippen molar-refractivity contribution in [3.63, 3.8) is 0 Å². The molecule has 0 saturated heterocycles. The number of rotatable bonds is 5. The fourth-order valence-electron chi connectivity index (χ4n) is 1.45. The van der Waals surface area contributed by atoms with E-state index < -0.39 is 17.9 Å². The zero-order valence-electron chi connectivity index (χ0n) is 10.1. The van der Waals surface area contributed by atoms with Gasteiger partial charge in [-0.05, 0) is 25.5 Å². The highest BCUT2D eigenvalue weighted by Gasteiger charge is 2.19. The van der Waals surface area contributed by atoms with Crippen molar-refractivity contribution in [1.29, 1.82) is 0 Å². The number of primary amides is 1. The zero-order valence-corrected chi connectivity index (χ0v) is 10.8. The molecule has 5 heteroatoms. The van der Waals surface area contributed by atoms with Crippen LogP contribution in [-0.4, -0.2) is 17.9 Å². The number of amides is 2. The standard InChI is InChI=1S/C13H15ClN2O2/c1-8(2)7-11(12(15)17)16-13(18)9-5-3-4-6-10(9)14/h3-6,11H,1,7H2,2H3,(H2,15,17)(H,16,18)/t11-/m0/s1. The molecular weight excluding hydrogens is 252 g/mol. The molecule has 0 aliphatic heterocycles. The molecule has 0 bridgehead atoms. The van der Waals surface area contributed by atoms with Crippen LogP contribution in [0.3, 0.4) is 0 Å². The van der Waals surface area contributed by atoms with Gasteiger partial charge in [-0.2, -0.15) is 0 Å². The molecule has 0 heterocycles. The third-order valence-corrected chi connectivity index (χ3v) is 2.65. The number of nitrogens with one attached hydrogen (secondary N) is 1. The van der Waals surface area contributed by atoms with Gasteiger partial charge in [-0.15, -0.1) is 6.58 Å². The van der Waals surface area contributed by atoms with Crippen LogP contribution in [-0.2, 0) is 4.79 Å². The molecule has 0 fully saturated rings. The largest absolute Gasteiger partial charge is 0.368 e. The third kappa shape index (κ3) is 3.89. The van der Waals surface area contributed by atoms with Crippen LogP contribution in [0.1, 0.15) is 23.7 Å². The van der Waals surface area contributed by atoms with E-state index in [1.54, 1.807) is 31.2 Å². The topological polar surface area (TPSA) is 72.2 Å². The van der Waals surface area contributed by atoms with Crippen LogP contribution in [0.2, 0.25) is 5.02 Å². The lowest BCUT2D eigenvalue weighted by Crippen LogP contribution is -2.44. The molecule has 1 rings (SSSR count). The van der Waals surface area contributed by atoms with Gasteiger partial charge in [0.25, 0.3) is 5.91 Å². The van der Waals surface area contributed by atoms with Crippen molar-refractivity contribution in [3.05, 3.63) is 47.0 Å². The second-order valence-corrected chi connectivity index (χ2v) is 4.48. The van der Waals surface area contributed by atoms with E-state index in [9.17, 15) is 9.59 Å². The van der Waals surface area contributed by atoms with E-state index in [2.05, 4.69) is 11.9 Å². The van der Waals surface area contributed by atoms with Gasteiger partial charge in [-0.25, -0.2) is 0 Å². The molecule has 2 amide bonds. The maximum Gasteiger partial charge on any atom is 0.253 e. The Labute approximate surface area is 111 Å². The summed E-state index contributed by atoms with van der Waals surface area (Å²) in [6.45, 7) is 5.45. The monoisotopic (exact) mass is 266 g/mol. The van der Waals surface area contributed by atoms with Gasteiger partial charge in [0.1, 0.15) is 6.04 Å². The van der Waals surface area contributed by atoms with Gasteiger partial charge in [-0.1, -0.05) is 29.3 Å². The Morgan fingerprint density at radius 3 is 2.56 bits per heavy atom. The summed E-state index contributed by atoms with van der Waals surface area (Å²) in [4.78, 5) is 23.1. The molecule has 96 valence electrons. The molecule has 0 aromatic heterocycles. The van der Waals surface area contributed by atoms with Crippen LogP contribution in [0.4, 0.5) is 0 Å². The van der Waals surface area contributed by atoms with E-state index >= 15 is 0 Å². The number of benzene rings is 1. The number of hydrogen-bond donors (Lipinski definition) is 2. The van der Waals surface area contributed by atoms with Gasteiger partial charge in [0, 0.05) is 0 Å². The SMILES string of the molecule is C=C(C)C[C@H](NC(=O)c1ccccc1Cl)C(N)=O. The molecule has 0 spiro atoms.